The number of rotatable bonds is 13. The second kappa shape index (κ2) is 11.8. The van der Waals surface area contributed by atoms with Gasteiger partial charge in [0.25, 0.3) is 0 Å². The largest absolute Gasteiger partial charge is 0.465 e. The molecule has 0 aliphatic heterocycles. The van der Waals surface area contributed by atoms with Crippen molar-refractivity contribution in [3.05, 3.63) is 35.5 Å². The monoisotopic (exact) mass is 371 g/mol. The zero-order valence-corrected chi connectivity index (χ0v) is 17.6. The van der Waals surface area contributed by atoms with Gasteiger partial charge in [-0.3, -0.25) is 0 Å². The van der Waals surface area contributed by atoms with Crippen molar-refractivity contribution in [2.75, 3.05) is 7.11 Å². The van der Waals surface area contributed by atoms with Crippen molar-refractivity contribution in [1.82, 2.24) is 4.57 Å². The zero-order valence-electron chi connectivity index (χ0n) is 17.6. The first-order valence-electron chi connectivity index (χ1n) is 10.8. The standard InChI is InChI=1S/C24H37NO2/c1-4-5-6-7-8-9-10-11-12-13-14-16-20-19-22-21(24(26)27-3)17-15-18-23(22)25(20)2/h15,17-19H,4-14,16H2,1-3H3. The van der Waals surface area contributed by atoms with E-state index in [1.807, 2.05) is 12.1 Å². The van der Waals surface area contributed by atoms with Crippen LogP contribution in [-0.2, 0) is 18.2 Å². The number of esters is 1. The van der Waals surface area contributed by atoms with Gasteiger partial charge in [-0.25, -0.2) is 4.79 Å². The number of ether oxygens (including phenoxy) is 1. The Morgan fingerprint density at radius 3 is 2.11 bits per heavy atom. The Labute approximate surface area is 165 Å². The summed E-state index contributed by atoms with van der Waals surface area (Å²) < 4.78 is 7.14. The average molecular weight is 372 g/mol. The number of hydrogen-bond acceptors (Lipinski definition) is 2. The molecular weight excluding hydrogens is 334 g/mol. The van der Waals surface area contributed by atoms with Crippen LogP contribution in [0.5, 0.6) is 0 Å². The van der Waals surface area contributed by atoms with Crippen LogP contribution in [-0.4, -0.2) is 17.6 Å². The summed E-state index contributed by atoms with van der Waals surface area (Å²) in [5.41, 5.74) is 3.07. The maximum absolute atomic E-state index is 12.0. The Bertz CT molecular complexity index is 702. The lowest BCUT2D eigenvalue weighted by atomic mass is 10.0. The Morgan fingerprint density at radius 1 is 0.926 bits per heavy atom. The lowest BCUT2D eigenvalue weighted by molar-refractivity contribution is 0.0603. The van der Waals surface area contributed by atoms with Gasteiger partial charge in [0, 0.05) is 23.6 Å². The Hall–Kier alpha value is -1.77. The van der Waals surface area contributed by atoms with Crippen LogP contribution in [0.2, 0.25) is 0 Å². The van der Waals surface area contributed by atoms with Crippen LogP contribution in [0.1, 0.15) is 93.6 Å². The molecule has 3 heteroatoms. The summed E-state index contributed by atoms with van der Waals surface area (Å²) in [6.07, 6.45) is 16.1. The van der Waals surface area contributed by atoms with E-state index in [2.05, 4.69) is 30.7 Å². The van der Waals surface area contributed by atoms with E-state index >= 15 is 0 Å². The molecule has 0 unspecified atom stereocenters. The third-order valence-corrected chi connectivity index (χ3v) is 5.63. The average Bonchev–Trinajstić information content (AvgIpc) is 3.01. The van der Waals surface area contributed by atoms with Crippen molar-refractivity contribution in [3.8, 4) is 0 Å². The summed E-state index contributed by atoms with van der Waals surface area (Å²) in [4.78, 5) is 12.0. The van der Waals surface area contributed by atoms with Crippen LogP contribution in [0.25, 0.3) is 10.9 Å². The van der Waals surface area contributed by atoms with Crippen LogP contribution < -0.4 is 0 Å². The fourth-order valence-electron chi connectivity index (χ4n) is 3.91. The number of unbranched alkanes of at least 4 members (excludes halogenated alkanes) is 10. The minimum Gasteiger partial charge on any atom is -0.465 e. The summed E-state index contributed by atoms with van der Waals surface area (Å²) in [7, 11) is 3.54. The summed E-state index contributed by atoms with van der Waals surface area (Å²) >= 11 is 0. The van der Waals surface area contributed by atoms with Crippen LogP contribution >= 0.6 is 0 Å². The molecule has 0 atom stereocenters. The molecule has 150 valence electrons. The van der Waals surface area contributed by atoms with Crippen molar-refractivity contribution in [2.45, 2.75) is 84.0 Å². The normalized spacial score (nSPS) is 11.2. The SMILES string of the molecule is CCCCCCCCCCCCCc1cc2c(C(=O)OC)cccc2n1C. The summed E-state index contributed by atoms with van der Waals surface area (Å²) in [5, 5.41) is 1.00. The van der Waals surface area contributed by atoms with Gasteiger partial charge < -0.3 is 9.30 Å². The molecule has 1 aromatic heterocycles. The highest BCUT2D eigenvalue weighted by Crippen LogP contribution is 2.24. The molecule has 0 fully saturated rings. The van der Waals surface area contributed by atoms with Crippen molar-refractivity contribution >= 4 is 16.9 Å². The molecule has 2 rings (SSSR count). The molecule has 0 spiro atoms. The van der Waals surface area contributed by atoms with Gasteiger partial charge in [0.05, 0.1) is 12.7 Å². The highest BCUT2D eigenvalue weighted by Gasteiger charge is 2.14. The molecule has 0 aliphatic rings. The van der Waals surface area contributed by atoms with Crippen molar-refractivity contribution in [2.24, 2.45) is 7.05 Å². The fourth-order valence-corrected chi connectivity index (χ4v) is 3.91. The van der Waals surface area contributed by atoms with Crippen molar-refractivity contribution in [1.29, 1.82) is 0 Å². The maximum Gasteiger partial charge on any atom is 0.338 e. The molecule has 1 heterocycles. The zero-order chi connectivity index (χ0) is 19.5. The molecule has 0 N–H and O–H groups in total. The number of methoxy groups -OCH3 is 1. The smallest absolute Gasteiger partial charge is 0.338 e. The molecule has 0 radical (unpaired) electrons. The number of fused-ring (bicyclic) bond motifs is 1. The van der Waals surface area contributed by atoms with Crippen molar-refractivity contribution in [3.63, 3.8) is 0 Å². The molecule has 0 aliphatic carbocycles. The van der Waals surface area contributed by atoms with Gasteiger partial charge in [0.2, 0.25) is 0 Å². The first-order chi connectivity index (χ1) is 13.2. The number of hydrogen-bond donors (Lipinski definition) is 0. The van der Waals surface area contributed by atoms with E-state index in [1.54, 1.807) is 0 Å². The highest BCUT2D eigenvalue weighted by molar-refractivity contribution is 6.04. The Morgan fingerprint density at radius 2 is 1.52 bits per heavy atom. The maximum atomic E-state index is 12.0. The third kappa shape index (κ3) is 6.41. The molecule has 0 saturated heterocycles. The van der Waals surface area contributed by atoms with E-state index < -0.39 is 0 Å². The molecule has 27 heavy (non-hydrogen) atoms. The van der Waals surface area contributed by atoms with Crippen LogP contribution in [0.3, 0.4) is 0 Å². The lowest BCUT2D eigenvalue weighted by Crippen LogP contribution is -2.01. The number of carbonyl (C=O) groups excluding carboxylic acids is 1. The van der Waals surface area contributed by atoms with E-state index in [9.17, 15) is 4.79 Å². The minimum absolute atomic E-state index is 0.257. The third-order valence-electron chi connectivity index (χ3n) is 5.63. The molecule has 0 saturated carbocycles. The van der Waals surface area contributed by atoms with Crippen LogP contribution in [0, 0.1) is 0 Å². The van der Waals surface area contributed by atoms with Gasteiger partial charge in [-0.05, 0) is 31.0 Å². The van der Waals surface area contributed by atoms with Gasteiger partial charge in [-0.2, -0.15) is 0 Å². The van der Waals surface area contributed by atoms with Gasteiger partial charge in [-0.15, -0.1) is 0 Å². The first-order valence-corrected chi connectivity index (χ1v) is 10.8. The number of aromatic nitrogens is 1. The summed E-state index contributed by atoms with van der Waals surface area (Å²) in [6.45, 7) is 2.27. The number of aryl methyl sites for hydroxylation is 2. The number of carbonyl (C=O) groups is 1. The summed E-state index contributed by atoms with van der Waals surface area (Å²) in [5.74, 6) is -0.257. The number of nitrogens with zero attached hydrogens (tertiary/aromatic N) is 1. The highest BCUT2D eigenvalue weighted by atomic mass is 16.5. The second-order valence-electron chi connectivity index (χ2n) is 7.71. The lowest BCUT2D eigenvalue weighted by Gasteiger charge is -2.05. The summed E-state index contributed by atoms with van der Waals surface area (Å²) in [6, 6.07) is 8.02. The molecular formula is C24H37NO2. The van der Waals surface area contributed by atoms with E-state index in [4.69, 9.17) is 4.74 Å². The fraction of sp³-hybridized carbons (Fsp3) is 0.625. The van der Waals surface area contributed by atoms with E-state index in [1.165, 1.54) is 83.4 Å². The molecule has 0 amide bonds. The van der Waals surface area contributed by atoms with Crippen LogP contribution in [0.4, 0.5) is 0 Å². The second-order valence-corrected chi connectivity index (χ2v) is 7.71. The van der Waals surface area contributed by atoms with Crippen LogP contribution in [0.15, 0.2) is 24.3 Å². The van der Waals surface area contributed by atoms with E-state index in [0.29, 0.717) is 5.56 Å². The van der Waals surface area contributed by atoms with Gasteiger partial charge >= 0.3 is 5.97 Å². The predicted molar refractivity (Wildman–Crippen MR) is 114 cm³/mol. The predicted octanol–water partition coefficient (Wildman–Crippen LogP) is 6.82. The van der Waals surface area contributed by atoms with Crippen molar-refractivity contribution < 1.29 is 9.53 Å². The first kappa shape index (κ1) is 21.5. The molecule has 2 aromatic rings. The van der Waals surface area contributed by atoms with E-state index in [-0.39, 0.29) is 5.97 Å². The topological polar surface area (TPSA) is 31.2 Å². The minimum atomic E-state index is -0.257. The molecule has 3 nitrogen and oxygen atoms in total. The van der Waals surface area contributed by atoms with Gasteiger partial charge in [0.1, 0.15) is 0 Å². The van der Waals surface area contributed by atoms with E-state index in [0.717, 1.165) is 17.3 Å². The Kier molecular flexibility index (Phi) is 9.44. The quantitative estimate of drug-likeness (QED) is 0.286. The van der Waals surface area contributed by atoms with Gasteiger partial charge in [0.15, 0.2) is 0 Å². The Balaban J connectivity index is 1.71. The van der Waals surface area contributed by atoms with Gasteiger partial charge in [-0.1, -0.05) is 77.2 Å². The molecule has 0 bridgehead atoms. The molecule has 1 aromatic carbocycles. The number of benzene rings is 1.